The molecule has 0 fully saturated rings. The number of allylic oxidation sites excluding steroid dienone is 6. The lowest BCUT2D eigenvalue weighted by Crippen LogP contribution is -2.31. The SMILES string of the molecule is CC1(C)\C(=C/C=C/C=C2/C(=O)c3ccccc3S2(=O)=O)N(CCCNC(=O)CI)c2ccc(S(=O)(=O)[O-])cc21. The van der Waals surface area contributed by atoms with Gasteiger partial charge in [0.05, 0.1) is 14.2 Å². The maximum absolute atomic E-state index is 12.8. The molecule has 2 aromatic carbocycles. The van der Waals surface area contributed by atoms with Crippen molar-refractivity contribution in [3.05, 3.63) is 88.5 Å². The van der Waals surface area contributed by atoms with Crippen molar-refractivity contribution >= 4 is 59.9 Å². The highest BCUT2D eigenvalue weighted by atomic mass is 127. The van der Waals surface area contributed by atoms with E-state index in [-0.39, 0.29) is 26.2 Å². The van der Waals surface area contributed by atoms with Crippen molar-refractivity contribution in [3.63, 3.8) is 0 Å². The molecular weight excluding hydrogens is 655 g/mol. The number of carbonyl (C=O) groups excluding carboxylic acids is 2. The van der Waals surface area contributed by atoms with Crippen LogP contribution in [0.15, 0.2) is 87.2 Å². The van der Waals surface area contributed by atoms with Crippen molar-refractivity contribution in [2.75, 3.05) is 22.4 Å². The quantitative estimate of drug-likeness (QED) is 0.147. The Bertz CT molecular complexity index is 1660. The second-order valence-electron chi connectivity index (χ2n) is 9.54. The van der Waals surface area contributed by atoms with E-state index in [2.05, 4.69) is 5.32 Å². The third-order valence-electron chi connectivity index (χ3n) is 6.70. The lowest BCUT2D eigenvalue weighted by molar-refractivity contribution is -0.118. The number of Topliss-reactive ketones (excluding diaryl/α,β-unsaturated/α-hetero) is 1. The zero-order chi connectivity index (χ0) is 28.6. The largest absolute Gasteiger partial charge is 0.744 e. The van der Waals surface area contributed by atoms with E-state index in [1.807, 2.05) is 41.3 Å². The summed E-state index contributed by atoms with van der Waals surface area (Å²) in [4.78, 5) is 25.6. The Morgan fingerprint density at radius 1 is 1.13 bits per heavy atom. The summed E-state index contributed by atoms with van der Waals surface area (Å²) >= 11 is 1.98. The number of amides is 1. The van der Waals surface area contributed by atoms with Crippen molar-refractivity contribution in [1.29, 1.82) is 0 Å². The van der Waals surface area contributed by atoms with Crippen LogP contribution in [0.2, 0.25) is 0 Å². The zero-order valence-corrected chi connectivity index (χ0v) is 25.0. The van der Waals surface area contributed by atoms with Gasteiger partial charge in [0.25, 0.3) is 0 Å². The van der Waals surface area contributed by atoms with Gasteiger partial charge in [0.1, 0.15) is 15.0 Å². The molecule has 0 aliphatic carbocycles. The van der Waals surface area contributed by atoms with Gasteiger partial charge < -0.3 is 14.8 Å². The first-order valence-corrected chi connectivity index (χ1v) is 16.4. The number of nitrogens with zero attached hydrogens (tertiary/aromatic N) is 1. The summed E-state index contributed by atoms with van der Waals surface area (Å²) < 4.78 is 61.1. The van der Waals surface area contributed by atoms with Crippen LogP contribution in [0.5, 0.6) is 0 Å². The summed E-state index contributed by atoms with van der Waals surface area (Å²) in [5.74, 6) is -0.633. The fraction of sp³-hybridized carbons (Fsp3) is 0.259. The summed E-state index contributed by atoms with van der Waals surface area (Å²) in [5, 5.41) is 2.82. The van der Waals surface area contributed by atoms with Gasteiger partial charge in [-0.2, -0.15) is 0 Å². The third kappa shape index (κ3) is 5.60. The van der Waals surface area contributed by atoms with E-state index in [4.69, 9.17) is 0 Å². The molecule has 0 saturated carbocycles. The Labute approximate surface area is 241 Å². The summed E-state index contributed by atoms with van der Waals surface area (Å²) in [6.45, 7) is 4.72. The molecule has 1 N–H and O–H groups in total. The number of rotatable bonds is 8. The minimum atomic E-state index is -4.66. The average molecular weight is 682 g/mol. The van der Waals surface area contributed by atoms with Gasteiger partial charge >= 0.3 is 0 Å². The Morgan fingerprint density at radius 3 is 2.49 bits per heavy atom. The third-order valence-corrected chi connectivity index (χ3v) is 10.1. The second-order valence-corrected chi connectivity index (χ2v) is 13.6. The van der Waals surface area contributed by atoms with Gasteiger partial charge in [-0.25, -0.2) is 16.8 Å². The van der Waals surface area contributed by atoms with Crippen molar-refractivity contribution in [1.82, 2.24) is 5.32 Å². The predicted octanol–water partition coefficient (Wildman–Crippen LogP) is 3.62. The number of anilines is 1. The first-order chi connectivity index (χ1) is 18.3. The monoisotopic (exact) mass is 681 g/mol. The van der Waals surface area contributed by atoms with Gasteiger partial charge in [-0.15, -0.1) is 0 Å². The fourth-order valence-electron chi connectivity index (χ4n) is 4.78. The molecule has 2 aliphatic rings. The molecular formula is C27H26IN2O7S2-. The molecule has 0 unspecified atom stereocenters. The maximum Gasteiger partial charge on any atom is 0.229 e. The van der Waals surface area contributed by atoms with Crippen molar-refractivity contribution in [3.8, 4) is 0 Å². The van der Waals surface area contributed by atoms with Gasteiger partial charge in [-0.05, 0) is 54.5 Å². The molecule has 1 amide bonds. The molecule has 0 bridgehead atoms. The topological polar surface area (TPSA) is 141 Å². The highest BCUT2D eigenvalue weighted by Crippen LogP contribution is 2.48. The minimum absolute atomic E-state index is 0.00894. The fourth-order valence-corrected chi connectivity index (χ4v) is 7.10. The Kier molecular flexibility index (Phi) is 8.22. The van der Waals surface area contributed by atoms with Crippen LogP contribution in [0, 0.1) is 0 Å². The second kappa shape index (κ2) is 11.0. The first kappa shape index (κ1) is 29.2. The van der Waals surface area contributed by atoms with Crippen LogP contribution in [-0.4, -0.2) is 50.6 Å². The van der Waals surface area contributed by atoms with E-state index >= 15 is 0 Å². The molecule has 2 aliphatic heterocycles. The number of nitrogens with one attached hydrogen (secondary N) is 1. The van der Waals surface area contributed by atoms with Crippen LogP contribution in [0.3, 0.4) is 0 Å². The standard InChI is InChI=1S/C27H27IN2O7S2/c1-27(2)20-16-18(39(35,36)37)12-13-21(20)30(15-7-14-29-25(31)17-28)24(27)11-6-5-10-23-26(32)19-8-3-4-9-22(19)38(23,33)34/h3-6,8-13,16H,7,14-15,17H2,1-2H3,(H,29,31)(H,35,36,37)/p-1/b6-5+,23-10-,24-11+. The lowest BCUT2D eigenvalue weighted by Gasteiger charge is -2.27. The number of hydrogen-bond donors (Lipinski definition) is 1. The van der Waals surface area contributed by atoms with Gasteiger partial charge in [-0.1, -0.05) is 60.7 Å². The average Bonchev–Trinajstić information content (AvgIpc) is 3.22. The number of fused-ring (bicyclic) bond motifs is 2. The molecule has 39 heavy (non-hydrogen) atoms. The first-order valence-electron chi connectivity index (χ1n) is 12.0. The van der Waals surface area contributed by atoms with Crippen LogP contribution in [0.4, 0.5) is 5.69 Å². The molecule has 2 aromatic rings. The van der Waals surface area contributed by atoms with Crippen molar-refractivity contribution in [2.45, 2.75) is 35.5 Å². The van der Waals surface area contributed by atoms with E-state index in [1.54, 1.807) is 30.4 Å². The van der Waals surface area contributed by atoms with Crippen LogP contribution in [0.1, 0.15) is 36.2 Å². The minimum Gasteiger partial charge on any atom is -0.744 e. The Balaban J connectivity index is 1.67. The molecule has 9 nitrogen and oxygen atoms in total. The van der Waals surface area contributed by atoms with Crippen LogP contribution >= 0.6 is 22.6 Å². The van der Waals surface area contributed by atoms with Crippen molar-refractivity contribution < 1.29 is 31.0 Å². The molecule has 2 heterocycles. The van der Waals surface area contributed by atoms with E-state index in [0.29, 0.717) is 29.5 Å². The van der Waals surface area contributed by atoms with Crippen molar-refractivity contribution in [2.24, 2.45) is 0 Å². The number of alkyl halides is 1. The Hall–Kier alpha value is -2.81. The van der Waals surface area contributed by atoms with E-state index in [1.165, 1.54) is 36.4 Å². The zero-order valence-electron chi connectivity index (χ0n) is 21.2. The normalized spacial score (nSPS) is 19.6. The smallest absolute Gasteiger partial charge is 0.229 e. The molecule has 0 radical (unpaired) electrons. The van der Waals surface area contributed by atoms with Gasteiger partial charge in [0, 0.05) is 35.5 Å². The highest BCUT2D eigenvalue weighted by Gasteiger charge is 2.40. The van der Waals surface area contributed by atoms with Gasteiger partial charge in [-0.3, -0.25) is 9.59 Å². The maximum atomic E-state index is 12.8. The molecule has 12 heteroatoms. The molecule has 0 atom stereocenters. The van der Waals surface area contributed by atoms with Gasteiger partial charge in [0.15, 0.2) is 0 Å². The number of ketones is 1. The molecule has 0 saturated heterocycles. The van der Waals surface area contributed by atoms with E-state index < -0.39 is 31.2 Å². The van der Waals surface area contributed by atoms with Crippen LogP contribution in [0.25, 0.3) is 0 Å². The predicted molar refractivity (Wildman–Crippen MR) is 155 cm³/mol. The number of benzene rings is 2. The summed E-state index contributed by atoms with van der Waals surface area (Å²) in [5.41, 5.74) is 1.60. The van der Waals surface area contributed by atoms with Crippen LogP contribution in [-0.2, 0) is 30.2 Å². The van der Waals surface area contributed by atoms with Crippen LogP contribution < -0.4 is 10.2 Å². The molecule has 4 rings (SSSR count). The Morgan fingerprint density at radius 2 is 1.82 bits per heavy atom. The van der Waals surface area contributed by atoms with E-state index in [9.17, 15) is 31.0 Å². The number of halogens is 1. The molecule has 0 aromatic heterocycles. The highest BCUT2D eigenvalue weighted by molar-refractivity contribution is 14.1. The molecule has 206 valence electrons. The summed E-state index contributed by atoms with van der Waals surface area (Å²) in [6.07, 6.45) is 6.74. The summed E-state index contributed by atoms with van der Waals surface area (Å²) in [7, 11) is -8.57. The number of sulfone groups is 1. The number of carbonyl (C=O) groups is 2. The van der Waals surface area contributed by atoms with E-state index in [0.717, 1.165) is 11.4 Å². The number of hydrogen-bond acceptors (Lipinski definition) is 8. The van der Waals surface area contributed by atoms with Gasteiger partial charge in [0.2, 0.25) is 21.5 Å². The lowest BCUT2D eigenvalue weighted by atomic mass is 9.83. The molecule has 0 spiro atoms. The summed E-state index contributed by atoms with van der Waals surface area (Å²) in [6, 6.07) is 10.3.